The van der Waals surface area contributed by atoms with E-state index in [0.717, 1.165) is 9.99 Å². The summed E-state index contributed by atoms with van der Waals surface area (Å²) in [6.07, 6.45) is 1.62. The lowest BCUT2D eigenvalue weighted by Crippen LogP contribution is -2.41. The maximum atomic E-state index is 9.68. The molecule has 0 spiro atoms. The zero-order valence-corrected chi connectivity index (χ0v) is 11.8. The van der Waals surface area contributed by atoms with Crippen molar-refractivity contribution >= 4 is 42.8 Å². The Morgan fingerprint density at radius 2 is 2.06 bits per heavy atom. The molecule has 1 atom stereocenters. The standard InChI is InChI=1S/C12H12Br2NO/c13-6-11(16)8-15-7-10(14)5-9-3-1-2-4-12(9)15/h1-5,7,11,16H,6,8H2/q+1/t11-/m0/s1. The predicted octanol–water partition coefficient (Wildman–Crippen LogP) is 2.65. The van der Waals surface area contributed by atoms with Crippen molar-refractivity contribution in [3.05, 3.63) is 41.0 Å². The first-order valence-corrected chi connectivity index (χ1v) is 6.94. The number of para-hydroxylation sites is 1. The highest BCUT2D eigenvalue weighted by Gasteiger charge is 2.14. The predicted molar refractivity (Wildman–Crippen MR) is 71.6 cm³/mol. The second-order valence-corrected chi connectivity index (χ2v) is 5.24. The second kappa shape index (κ2) is 5.25. The van der Waals surface area contributed by atoms with E-state index in [9.17, 15) is 5.11 Å². The maximum Gasteiger partial charge on any atom is 0.212 e. The number of pyridine rings is 1. The Bertz CT molecular complexity index is 501. The number of alkyl halides is 1. The van der Waals surface area contributed by atoms with E-state index in [1.54, 1.807) is 0 Å². The van der Waals surface area contributed by atoms with E-state index in [4.69, 9.17) is 0 Å². The van der Waals surface area contributed by atoms with Crippen LogP contribution in [0.15, 0.2) is 41.0 Å². The highest BCUT2D eigenvalue weighted by atomic mass is 79.9. The highest BCUT2D eigenvalue weighted by Crippen LogP contribution is 2.15. The van der Waals surface area contributed by atoms with Gasteiger partial charge >= 0.3 is 0 Å². The quantitative estimate of drug-likeness (QED) is 0.671. The van der Waals surface area contributed by atoms with Gasteiger partial charge in [0.2, 0.25) is 5.52 Å². The smallest absolute Gasteiger partial charge is 0.212 e. The molecular formula is C12H12Br2NO+. The van der Waals surface area contributed by atoms with E-state index < -0.39 is 0 Å². The van der Waals surface area contributed by atoms with Gasteiger partial charge in [-0.1, -0.05) is 28.1 Å². The van der Waals surface area contributed by atoms with Crippen molar-refractivity contribution in [1.29, 1.82) is 0 Å². The minimum Gasteiger partial charge on any atom is -0.386 e. The van der Waals surface area contributed by atoms with Crippen LogP contribution in [0, 0.1) is 0 Å². The normalized spacial score (nSPS) is 12.9. The molecule has 84 valence electrons. The van der Waals surface area contributed by atoms with E-state index in [1.807, 2.05) is 18.3 Å². The Morgan fingerprint density at radius 1 is 1.31 bits per heavy atom. The molecule has 2 aromatic rings. The third kappa shape index (κ3) is 2.62. The lowest BCUT2D eigenvalue weighted by molar-refractivity contribution is -0.678. The van der Waals surface area contributed by atoms with Crippen molar-refractivity contribution in [2.45, 2.75) is 12.6 Å². The minimum atomic E-state index is -0.372. The zero-order valence-electron chi connectivity index (χ0n) is 8.61. The first-order valence-electron chi connectivity index (χ1n) is 5.02. The highest BCUT2D eigenvalue weighted by molar-refractivity contribution is 9.10. The summed E-state index contributed by atoms with van der Waals surface area (Å²) >= 11 is 6.76. The number of halogens is 2. The van der Waals surface area contributed by atoms with Crippen molar-refractivity contribution in [1.82, 2.24) is 0 Å². The van der Waals surface area contributed by atoms with Crippen LogP contribution in [0.5, 0.6) is 0 Å². The van der Waals surface area contributed by atoms with E-state index in [2.05, 4.69) is 54.6 Å². The van der Waals surface area contributed by atoms with Gasteiger partial charge in [-0.25, -0.2) is 0 Å². The maximum absolute atomic E-state index is 9.68. The van der Waals surface area contributed by atoms with Crippen molar-refractivity contribution in [3.63, 3.8) is 0 Å². The first kappa shape index (κ1) is 12.0. The molecule has 1 N–H and O–H groups in total. The number of benzene rings is 1. The van der Waals surface area contributed by atoms with Crippen LogP contribution in [0.25, 0.3) is 10.9 Å². The van der Waals surface area contributed by atoms with E-state index in [0.29, 0.717) is 11.9 Å². The third-order valence-corrected chi connectivity index (χ3v) is 3.59. The molecule has 0 aliphatic heterocycles. The number of aliphatic hydroxyl groups excluding tert-OH is 1. The van der Waals surface area contributed by atoms with E-state index in [1.165, 1.54) is 5.39 Å². The molecule has 0 unspecified atom stereocenters. The van der Waals surface area contributed by atoms with Crippen LogP contribution in [-0.4, -0.2) is 16.5 Å². The number of rotatable bonds is 3. The molecule has 0 aliphatic carbocycles. The summed E-state index contributed by atoms with van der Waals surface area (Å²) in [7, 11) is 0. The number of aromatic nitrogens is 1. The van der Waals surface area contributed by atoms with Gasteiger partial charge < -0.3 is 5.11 Å². The van der Waals surface area contributed by atoms with E-state index >= 15 is 0 Å². The molecule has 1 aromatic heterocycles. The van der Waals surface area contributed by atoms with Crippen LogP contribution in [-0.2, 0) is 6.54 Å². The van der Waals surface area contributed by atoms with Crippen LogP contribution in [0.2, 0.25) is 0 Å². The fourth-order valence-electron chi connectivity index (χ4n) is 1.70. The van der Waals surface area contributed by atoms with Crippen LogP contribution < -0.4 is 4.57 Å². The van der Waals surface area contributed by atoms with Gasteiger partial charge in [-0.3, -0.25) is 0 Å². The monoisotopic (exact) mass is 344 g/mol. The van der Waals surface area contributed by atoms with Gasteiger partial charge in [0, 0.05) is 16.8 Å². The zero-order chi connectivity index (χ0) is 11.5. The lowest BCUT2D eigenvalue weighted by atomic mass is 10.2. The van der Waals surface area contributed by atoms with Gasteiger partial charge in [-0.05, 0) is 28.1 Å². The molecule has 0 bridgehead atoms. The molecule has 2 rings (SSSR count). The van der Waals surface area contributed by atoms with Gasteiger partial charge in [0.05, 0.1) is 4.47 Å². The fourth-order valence-corrected chi connectivity index (χ4v) is 2.40. The van der Waals surface area contributed by atoms with E-state index in [-0.39, 0.29) is 6.10 Å². The molecular weight excluding hydrogens is 334 g/mol. The van der Waals surface area contributed by atoms with Crippen molar-refractivity contribution in [2.24, 2.45) is 0 Å². The Morgan fingerprint density at radius 3 is 2.81 bits per heavy atom. The summed E-state index contributed by atoms with van der Waals surface area (Å²) in [6.45, 7) is 0.588. The summed E-state index contributed by atoms with van der Waals surface area (Å²) < 4.78 is 3.08. The molecule has 2 nitrogen and oxygen atoms in total. The van der Waals surface area contributed by atoms with Crippen LogP contribution in [0.3, 0.4) is 0 Å². The molecule has 4 heteroatoms. The summed E-state index contributed by atoms with van der Waals surface area (Å²) in [5.74, 6) is 0. The third-order valence-electron chi connectivity index (χ3n) is 2.40. The Balaban J connectivity index is 2.50. The average molecular weight is 346 g/mol. The Kier molecular flexibility index (Phi) is 3.95. The van der Waals surface area contributed by atoms with Gasteiger partial charge in [-0.15, -0.1) is 0 Å². The lowest BCUT2D eigenvalue weighted by Gasteiger charge is -2.05. The molecule has 0 amide bonds. The number of hydrogen-bond donors (Lipinski definition) is 1. The molecule has 0 aliphatic rings. The summed E-state index contributed by atoms with van der Waals surface area (Å²) in [5, 5.41) is 11.4. The molecule has 0 saturated heterocycles. The minimum absolute atomic E-state index is 0.372. The molecule has 0 saturated carbocycles. The number of aliphatic hydroxyl groups is 1. The molecule has 0 radical (unpaired) electrons. The Labute approximate surface area is 111 Å². The summed E-state index contributed by atoms with van der Waals surface area (Å²) in [5.41, 5.74) is 1.13. The molecule has 0 fully saturated rings. The van der Waals surface area contributed by atoms with Gasteiger partial charge in [0.15, 0.2) is 12.7 Å². The van der Waals surface area contributed by atoms with Crippen molar-refractivity contribution in [2.75, 3.05) is 5.33 Å². The van der Waals surface area contributed by atoms with Gasteiger partial charge in [-0.2, -0.15) is 4.57 Å². The van der Waals surface area contributed by atoms with Gasteiger partial charge in [0.1, 0.15) is 6.10 Å². The SMILES string of the molecule is O[C@@H](CBr)C[n+]1cc(Br)cc2ccccc21. The van der Waals surface area contributed by atoms with Crippen LogP contribution >= 0.6 is 31.9 Å². The Hall–Kier alpha value is -0.450. The fraction of sp³-hybridized carbons (Fsp3) is 0.250. The van der Waals surface area contributed by atoms with Gasteiger partial charge in [0.25, 0.3) is 0 Å². The number of nitrogens with zero attached hydrogens (tertiary/aromatic N) is 1. The van der Waals surface area contributed by atoms with Crippen molar-refractivity contribution in [3.8, 4) is 0 Å². The second-order valence-electron chi connectivity index (χ2n) is 3.68. The number of fused-ring (bicyclic) bond motifs is 1. The van der Waals surface area contributed by atoms with Crippen molar-refractivity contribution < 1.29 is 9.67 Å². The van der Waals surface area contributed by atoms with Crippen LogP contribution in [0.1, 0.15) is 0 Å². The average Bonchev–Trinajstić information content (AvgIpc) is 2.28. The largest absolute Gasteiger partial charge is 0.386 e. The summed E-state index contributed by atoms with van der Waals surface area (Å²) in [4.78, 5) is 0. The first-order chi connectivity index (χ1) is 7.70. The molecule has 1 heterocycles. The molecule has 16 heavy (non-hydrogen) atoms. The summed E-state index contributed by atoms with van der Waals surface area (Å²) in [6, 6.07) is 10.2. The van der Waals surface area contributed by atoms with Crippen LogP contribution in [0.4, 0.5) is 0 Å². The number of hydrogen-bond acceptors (Lipinski definition) is 1. The topological polar surface area (TPSA) is 24.1 Å². The molecule has 1 aromatic carbocycles.